The van der Waals surface area contributed by atoms with Gasteiger partial charge in [-0.15, -0.1) is 0 Å². The smallest absolute Gasteiger partial charge is 0.154 e. The number of phenols is 1. The van der Waals surface area contributed by atoms with Crippen LogP contribution in [0.3, 0.4) is 0 Å². The van der Waals surface area contributed by atoms with E-state index in [4.69, 9.17) is 9.47 Å². The molecule has 0 heterocycles. The van der Waals surface area contributed by atoms with Gasteiger partial charge in [0.15, 0.2) is 6.04 Å². The molecular formula is C15H15NO4. The third kappa shape index (κ3) is 3.26. The number of hydrogen-bond donors (Lipinski definition) is 1. The maximum Gasteiger partial charge on any atom is 0.154 e. The Morgan fingerprint density at radius 3 is 2.60 bits per heavy atom. The molecule has 1 N–H and O–H groups in total. The van der Waals surface area contributed by atoms with E-state index in [1.165, 1.54) is 6.07 Å². The lowest BCUT2D eigenvalue weighted by atomic mass is 10.1. The quantitative estimate of drug-likeness (QED) is 0.820. The van der Waals surface area contributed by atoms with Crippen LogP contribution in [0, 0.1) is 4.91 Å². The van der Waals surface area contributed by atoms with Gasteiger partial charge in [0.1, 0.15) is 23.9 Å². The minimum absolute atomic E-state index is 0.0337. The Morgan fingerprint density at radius 1 is 1.15 bits per heavy atom. The van der Waals surface area contributed by atoms with E-state index in [0.717, 1.165) is 0 Å². The summed E-state index contributed by atoms with van der Waals surface area (Å²) in [6.45, 7) is 0.0498. The molecule has 0 aliphatic heterocycles. The van der Waals surface area contributed by atoms with Crippen LogP contribution >= 0.6 is 0 Å². The molecule has 0 saturated heterocycles. The van der Waals surface area contributed by atoms with Crippen LogP contribution in [-0.2, 0) is 0 Å². The van der Waals surface area contributed by atoms with Gasteiger partial charge in [-0.25, -0.2) is 0 Å². The van der Waals surface area contributed by atoms with Crippen molar-refractivity contribution in [1.82, 2.24) is 0 Å². The molecule has 0 spiro atoms. The molecule has 2 aromatic carbocycles. The Morgan fingerprint density at radius 2 is 1.90 bits per heavy atom. The highest BCUT2D eigenvalue weighted by Gasteiger charge is 2.16. The van der Waals surface area contributed by atoms with Gasteiger partial charge in [-0.3, -0.25) is 0 Å². The van der Waals surface area contributed by atoms with Crippen molar-refractivity contribution in [1.29, 1.82) is 0 Å². The molecule has 0 aromatic heterocycles. The van der Waals surface area contributed by atoms with Gasteiger partial charge < -0.3 is 14.6 Å². The van der Waals surface area contributed by atoms with Crippen molar-refractivity contribution in [3.63, 3.8) is 0 Å². The highest BCUT2D eigenvalue weighted by atomic mass is 16.5. The van der Waals surface area contributed by atoms with Gasteiger partial charge in [-0.2, -0.15) is 4.91 Å². The maximum absolute atomic E-state index is 10.9. The van der Waals surface area contributed by atoms with Crippen LogP contribution in [0.4, 0.5) is 0 Å². The fourth-order valence-corrected chi connectivity index (χ4v) is 1.81. The van der Waals surface area contributed by atoms with Crippen molar-refractivity contribution in [3.05, 3.63) is 59.0 Å². The third-order valence-electron chi connectivity index (χ3n) is 2.87. The minimum Gasteiger partial charge on any atom is -0.508 e. The summed E-state index contributed by atoms with van der Waals surface area (Å²) < 4.78 is 10.6. The summed E-state index contributed by atoms with van der Waals surface area (Å²) in [6.07, 6.45) is 0. The number of rotatable bonds is 6. The molecule has 0 saturated carbocycles. The zero-order valence-electron chi connectivity index (χ0n) is 11.0. The number of methoxy groups -OCH3 is 1. The lowest BCUT2D eigenvalue weighted by molar-refractivity contribution is 0.286. The average Bonchev–Trinajstić information content (AvgIpc) is 2.49. The maximum atomic E-state index is 10.9. The largest absolute Gasteiger partial charge is 0.508 e. The monoisotopic (exact) mass is 273 g/mol. The van der Waals surface area contributed by atoms with Gasteiger partial charge in [0.2, 0.25) is 0 Å². The van der Waals surface area contributed by atoms with E-state index >= 15 is 0 Å². The van der Waals surface area contributed by atoms with Crippen LogP contribution in [0.25, 0.3) is 0 Å². The average molecular weight is 273 g/mol. The Kier molecular flexibility index (Phi) is 4.55. The van der Waals surface area contributed by atoms with Crippen LogP contribution in [0.5, 0.6) is 17.2 Å². The van der Waals surface area contributed by atoms with Crippen LogP contribution in [0.1, 0.15) is 11.6 Å². The molecule has 0 fully saturated rings. The fraction of sp³-hybridized carbons (Fsp3) is 0.200. The van der Waals surface area contributed by atoms with Gasteiger partial charge in [-0.1, -0.05) is 29.4 Å². The van der Waals surface area contributed by atoms with E-state index in [0.29, 0.717) is 17.1 Å². The molecule has 2 rings (SSSR count). The van der Waals surface area contributed by atoms with E-state index in [2.05, 4.69) is 5.18 Å². The number of para-hydroxylation sites is 1. The van der Waals surface area contributed by atoms with Crippen molar-refractivity contribution in [2.45, 2.75) is 6.04 Å². The molecule has 1 atom stereocenters. The second-order valence-corrected chi connectivity index (χ2v) is 4.17. The van der Waals surface area contributed by atoms with E-state index in [1.807, 2.05) is 0 Å². The van der Waals surface area contributed by atoms with Crippen LogP contribution in [-0.4, -0.2) is 18.8 Å². The summed E-state index contributed by atoms with van der Waals surface area (Å²) in [5, 5.41) is 12.7. The molecule has 0 bridgehead atoms. The highest BCUT2D eigenvalue weighted by Crippen LogP contribution is 2.27. The van der Waals surface area contributed by atoms with Crippen LogP contribution in [0.15, 0.2) is 53.7 Å². The second kappa shape index (κ2) is 6.56. The molecule has 5 nitrogen and oxygen atoms in total. The minimum atomic E-state index is -0.762. The third-order valence-corrected chi connectivity index (χ3v) is 2.87. The molecule has 5 heteroatoms. The number of nitrogens with zero attached hydrogens (tertiary/aromatic N) is 1. The first-order valence-electron chi connectivity index (χ1n) is 6.12. The van der Waals surface area contributed by atoms with Crippen molar-refractivity contribution < 1.29 is 14.6 Å². The van der Waals surface area contributed by atoms with E-state index < -0.39 is 6.04 Å². The van der Waals surface area contributed by atoms with Gasteiger partial charge in [0, 0.05) is 11.6 Å². The van der Waals surface area contributed by atoms with Gasteiger partial charge in [-0.05, 0) is 18.2 Å². The summed E-state index contributed by atoms with van der Waals surface area (Å²) in [6, 6.07) is 12.9. The molecule has 0 aliphatic carbocycles. The van der Waals surface area contributed by atoms with Gasteiger partial charge in [0.25, 0.3) is 0 Å². The number of phenolic OH excluding ortho intramolecular Hbond substituents is 1. The summed E-state index contributed by atoms with van der Waals surface area (Å²) in [4.78, 5) is 10.9. The molecule has 20 heavy (non-hydrogen) atoms. The Hall–Kier alpha value is -2.56. The standard InChI is InChI=1S/C15H15NO4/c1-19-11-5-4-6-12(9-11)20-10-14(16-18)13-7-2-3-8-15(13)17/h2-9,14,17H,10H2,1H3. The molecule has 0 aliphatic rings. The molecule has 0 radical (unpaired) electrons. The summed E-state index contributed by atoms with van der Waals surface area (Å²) in [5.74, 6) is 1.28. The molecule has 104 valence electrons. The SMILES string of the molecule is COc1cccc(OCC(N=O)c2ccccc2O)c1. The Labute approximate surface area is 116 Å². The van der Waals surface area contributed by atoms with E-state index in [1.54, 1.807) is 49.6 Å². The topological polar surface area (TPSA) is 68.1 Å². The van der Waals surface area contributed by atoms with Crippen molar-refractivity contribution >= 4 is 0 Å². The van der Waals surface area contributed by atoms with Crippen LogP contribution < -0.4 is 9.47 Å². The van der Waals surface area contributed by atoms with Gasteiger partial charge >= 0.3 is 0 Å². The van der Waals surface area contributed by atoms with E-state index in [-0.39, 0.29) is 12.4 Å². The molecule has 2 aromatic rings. The predicted octanol–water partition coefficient (Wildman–Crippen LogP) is 3.29. The van der Waals surface area contributed by atoms with Gasteiger partial charge in [0.05, 0.1) is 7.11 Å². The lowest BCUT2D eigenvalue weighted by Gasteiger charge is -2.13. The normalized spacial score (nSPS) is 11.7. The first kappa shape index (κ1) is 13.9. The van der Waals surface area contributed by atoms with Crippen molar-refractivity contribution in [2.75, 3.05) is 13.7 Å². The fourth-order valence-electron chi connectivity index (χ4n) is 1.81. The van der Waals surface area contributed by atoms with Crippen LogP contribution in [0.2, 0.25) is 0 Å². The van der Waals surface area contributed by atoms with Crippen molar-refractivity contribution in [2.24, 2.45) is 5.18 Å². The first-order chi connectivity index (χ1) is 9.74. The highest BCUT2D eigenvalue weighted by molar-refractivity contribution is 5.36. The zero-order chi connectivity index (χ0) is 14.4. The Bertz CT molecular complexity index is 586. The van der Waals surface area contributed by atoms with E-state index in [9.17, 15) is 10.0 Å². The summed E-state index contributed by atoms with van der Waals surface area (Å²) >= 11 is 0. The van der Waals surface area contributed by atoms with Crippen molar-refractivity contribution in [3.8, 4) is 17.2 Å². The molecule has 0 amide bonds. The number of hydrogen-bond acceptors (Lipinski definition) is 5. The number of aromatic hydroxyl groups is 1. The number of nitroso groups, excluding NO2 is 1. The Balaban J connectivity index is 2.08. The second-order valence-electron chi connectivity index (χ2n) is 4.17. The summed E-state index contributed by atoms with van der Waals surface area (Å²) in [7, 11) is 1.57. The lowest BCUT2D eigenvalue weighted by Crippen LogP contribution is -2.08. The zero-order valence-corrected chi connectivity index (χ0v) is 11.0. The predicted molar refractivity (Wildman–Crippen MR) is 75.1 cm³/mol. The number of ether oxygens (including phenoxy) is 2. The number of benzene rings is 2. The molecule has 1 unspecified atom stereocenters. The first-order valence-corrected chi connectivity index (χ1v) is 6.12. The molecular weight excluding hydrogens is 258 g/mol. The summed E-state index contributed by atoms with van der Waals surface area (Å²) in [5.41, 5.74) is 0.449.